The Hall–Kier alpha value is -0.980. The summed E-state index contributed by atoms with van der Waals surface area (Å²) >= 11 is 0. The third-order valence-corrected chi connectivity index (χ3v) is 5.27. The molecule has 1 aliphatic carbocycles. The maximum atomic E-state index is 10.4. The smallest absolute Gasteiger partial charge is 0.119 e. The minimum absolute atomic E-state index is 0.500. The van der Waals surface area contributed by atoms with Crippen molar-refractivity contribution in [2.45, 2.75) is 78.6 Å². The van der Waals surface area contributed by atoms with Crippen LogP contribution in [-0.4, -0.2) is 5.11 Å². The molecule has 21 heavy (non-hydrogen) atoms. The highest BCUT2D eigenvalue weighted by Gasteiger charge is 2.30. The molecule has 0 bridgehead atoms. The van der Waals surface area contributed by atoms with Crippen LogP contribution in [0.1, 0.15) is 88.3 Å². The van der Waals surface area contributed by atoms with Gasteiger partial charge in [-0.1, -0.05) is 53.0 Å². The minimum atomic E-state index is 0.500. The monoisotopic (exact) mass is 288 g/mol. The van der Waals surface area contributed by atoms with Crippen LogP contribution in [0.4, 0.5) is 0 Å². The molecule has 0 heterocycles. The fourth-order valence-electron chi connectivity index (χ4n) is 4.02. The van der Waals surface area contributed by atoms with Gasteiger partial charge in [-0.05, 0) is 60.6 Å². The summed E-state index contributed by atoms with van der Waals surface area (Å²) in [7, 11) is 0. The maximum Gasteiger partial charge on any atom is 0.119 e. The summed E-state index contributed by atoms with van der Waals surface area (Å²) in [6.07, 6.45) is 6.46. The molecule has 1 nitrogen and oxygen atoms in total. The predicted octanol–water partition coefficient (Wildman–Crippen LogP) is 6.14. The van der Waals surface area contributed by atoms with Gasteiger partial charge in [0.2, 0.25) is 0 Å². The molecule has 1 N–H and O–H groups in total. The number of aryl methyl sites for hydroxylation is 1. The number of rotatable bonds is 5. The first-order chi connectivity index (χ1) is 9.90. The van der Waals surface area contributed by atoms with Gasteiger partial charge in [-0.15, -0.1) is 0 Å². The van der Waals surface area contributed by atoms with E-state index in [1.54, 1.807) is 0 Å². The molecule has 3 atom stereocenters. The average Bonchev–Trinajstić information content (AvgIpc) is 2.37. The van der Waals surface area contributed by atoms with Gasteiger partial charge in [0.25, 0.3) is 0 Å². The Morgan fingerprint density at radius 3 is 2.52 bits per heavy atom. The van der Waals surface area contributed by atoms with Crippen LogP contribution in [0.2, 0.25) is 0 Å². The van der Waals surface area contributed by atoms with Crippen LogP contribution in [-0.2, 0) is 0 Å². The second kappa shape index (κ2) is 6.85. The van der Waals surface area contributed by atoms with Crippen molar-refractivity contribution in [3.8, 4) is 5.75 Å². The van der Waals surface area contributed by atoms with E-state index in [2.05, 4.69) is 40.7 Å². The van der Waals surface area contributed by atoms with E-state index < -0.39 is 0 Å². The number of hydrogen-bond acceptors (Lipinski definition) is 1. The number of fused-ring (bicyclic) bond motifs is 1. The first-order valence-corrected chi connectivity index (χ1v) is 8.73. The molecule has 0 unspecified atom stereocenters. The molecule has 1 aliphatic rings. The van der Waals surface area contributed by atoms with E-state index in [-0.39, 0.29) is 0 Å². The van der Waals surface area contributed by atoms with Gasteiger partial charge >= 0.3 is 0 Å². The van der Waals surface area contributed by atoms with Crippen LogP contribution in [0.5, 0.6) is 5.75 Å². The Labute approximate surface area is 130 Å². The summed E-state index contributed by atoms with van der Waals surface area (Å²) in [6, 6.07) is 4.26. The number of hydrogen-bond donors (Lipinski definition) is 1. The number of benzene rings is 1. The second-order valence-electron chi connectivity index (χ2n) is 7.67. The molecule has 0 radical (unpaired) electrons. The zero-order chi connectivity index (χ0) is 15.6. The van der Waals surface area contributed by atoms with Gasteiger partial charge in [0.1, 0.15) is 5.75 Å². The van der Waals surface area contributed by atoms with E-state index in [9.17, 15) is 5.11 Å². The predicted molar refractivity (Wildman–Crippen MR) is 91.1 cm³/mol. The Morgan fingerprint density at radius 2 is 1.86 bits per heavy atom. The van der Waals surface area contributed by atoms with Crippen molar-refractivity contribution >= 4 is 0 Å². The van der Waals surface area contributed by atoms with Gasteiger partial charge in [-0.3, -0.25) is 0 Å². The minimum Gasteiger partial charge on any atom is -0.508 e. The number of phenols is 1. The Morgan fingerprint density at radius 1 is 1.14 bits per heavy atom. The summed E-state index contributed by atoms with van der Waals surface area (Å²) < 4.78 is 0. The Balaban J connectivity index is 2.18. The molecule has 118 valence electrons. The lowest BCUT2D eigenvalue weighted by Gasteiger charge is -2.34. The summed E-state index contributed by atoms with van der Waals surface area (Å²) in [5.41, 5.74) is 3.86. The zero-order valence-electron chi connectivity index (χ0n) is 14.4. The van der Waals surface area contributed by atoms with Crippen molar-refractivity contribution in [3.05, 3.63) is 28.8 Å². The van der Waals surface area contributed by atoms with E-state index >= 15 is 0 Å². The topological polar surface area (TPSA) is 20.2 Å². The molecule has 1 aromatic carbocycles. The summed E-state index contributed by atoms with van der Waals surface area (Å²) in [4.78, 5) is 0. The third-order valence-electron chi connectivity index (χ3n) is 5.27. The highest BCUT2D eigenvalue weighted by molar-refractivity contribution is 5.48. The molecular formula is C20H32O. The van der Waals surface area contributed by atoms with Crippen molar-refractivity contribution in [2.24, 2.45) is 11.8 Å². The van der Waals surface area contributed by atoms with Crippen LogP contribution in [0.15, 0.2) is 12.1 Å². The molecule has 0 aliphatic heterocycles. The van der Waals surface area contributed by atoms with Gasteiger partial charge in [-0.25, -0.2) is 0 Å². The highest BCUT2D eigenvalue weighted by atomic mass is 16.3. The molecular weight excluding hydrogens is 256 g/mol. The lowest BCUT2D eigenvalue weighted by molar-refractivity contribution is 0.344. The molecule has 0 aromatic heterocycles. The lowest BCUT2D eigenvalue weighted by Crippen LogP contribution is -2.19. The maximum absolute atomic E-state index is 10.4. The lowest BCUT2D eigenvalue weighted by atomic mass is 9.71. The van der Waals surface area contributed by atoms with E-state index in [4.69, 9.17) is 0 Å². The first kappa shape index (κ1) is 16.4. The normalized spacial score (nSPS) is 23.1. The molecule has 1 heteroatoms. The largest absolute Gasteiger partial charge is 0.508 e. The van der Waals surface area contributed by atoms with Crippen LogP contribution in [0, 0.1) is 18.8 Å². The molecule has 0 fully saturated rings. The van der Waals surface area contributed by atoms with Crippen molar-refractivity contribution in [3.63, 3.8) is 0 Å². The number of aromatic hydroxyl groups is 1. The fraction of sp³-hybridized carbons (Fsp3) is 0.700. The van der Waals surface area contributed by atoms with Crippen molar-refractivity contribution in [1.29, 1.82) is 0 Å². The standard InChI is InChI=1S/C20H32O/c1-13(2)7-6-8-15(4)17-10-9-16(5)20-18(17)11-14(3)12-19(20)21/h11-13,15-17,21H,6-10H2,1-5H3/t15-,16+,17-/m0/s1. The van der Waals surface area contributed by atoms with Crippen LogP contribution in [0.3, 0.4) is 0 Å². The second-order valence-corrected chi connectivity index (χ2v) is 7.67. The summed E-state index contributed by atoms with van der Waals surface area (Å²) in [5.74, 6) is 3.18. The van der Waals surface area contributed by atoms with E-state index in [1.165, 1.54) is 48.8 Å². The molecule has 0 amide bonds. The summed E-state index contributed by atoms with van der Waals surface area (Å²) in [6.45, 7) is 11.4. The Bertz CT molecular complexity index is 475. The molecule has 0 saturated heterocycles. The molecule has 0 spiro atoms. The molecule has 1 aromatic rings. The quantitative estimate of drug-likeness (QED) is 0.689. The van der Waals surface area contributed by atoms with Gasteiger partial charge in [-0.2, -0.15) is 0 Å². The van der Waals surface area contributed by atoms with E-state index in [1.807, 2.05) is 6.07 Å². The fourth-order valence-corrected chi connectivity index (χ4v) is 4.02. The van der Waals surface area contributed by atoms with Crippen molar-refractivity contribution in [1.82, 2.24) is 0 Å². The van der Waals surface area contributed by atoms with Crippen LogP contribution < -0.4 is 0 Å². The van der Waals surface area contributed by atoms with Crippen molar-refractivity contribution < 1.29 is 5.11 Å². The highest BCUT2D eigenvalue weighted by Crippen LogP contribution is 2.47. The zero-order valence-corrected chi connectivity index (χ0v) is 14.4. The van der Waals surface area contributed by atoms with Gasteiger partial charge < -0.3 is 5.11 Å². The van der Waals surface area contributed by atoms with Crippen molar-refractivity contribution in [2.75, 3.05) is 0 Å². The summed E-state index contributed by atoms with van der Waals surface area (Å²) in [5, 5.41) is 10.4. The van der Waals surface area contributed by atoms with Crippen LogP contribution >= 0.6 is 0 Å². The molecule has 0 saturated carbocycles. The average molecular weight is 288 g/mol. The van der Waals surface area contributed by atoms with Gasteiger partial charge in [0.05, 0.1) is 0 Å². The number of phenolic OH excluding ortho intramolecular Hbond substituents is 1. The van der Waals surface area contributed by atoms with E-state index in [0.29, 0.717) is 17.6 Å². The Kier molecular flexibility index (Phi) is 5.35. The third kappa shape index (κ3) is 3.81. The van der Waals surface area contributed by atoms with E-state index in [0.717, 1.165) is 11.8 Å². The van der Waals surface area contributed by atoms with Crippen LogP contribution in [0.25, 0.3) is 0 Å². The molecule has 2 rings (SSSR count). The van der Waals surface area contributed by atoms with Gasteiger partial charge in [0, 0.05) is 5.56 Å². The van der Waals surface area contributed by atoms with Gasteiger partial charge in [0.15, 0.2) is 0 Å². The SMILES string of the molecule is Cc1cc(O)c2c(c1)[C@H]([C@@H](C)CCCC(C)C)CC[C@H]2C. The first-order valence-electron chi connectivity index (χ1n) is 8.73.